The van der Waals surface area contributed by atoms with E-state index < -0.39 is 0 Å². The second kappa shape index (κ2) is 4.89. The Labute approximate surface area is 136 Å². The second-order valence-corrected chi connectivity index (χ2v) is 6.50. The summed E-state index contributed by atoms with van der Waals surface area (Å²) >= 11 is 1.54. The second-order valence-electron chi connectivity index (χ2n) is 5.56. The lowest BCUT2D eigenvalue weighted by Gasteiger charge is -2.13. The first kappa shape index (κ1) is 13.9. The van der Waals surface area contributed by atoms with Crippen LogP contribution in [-0.2, 0) is 0 Å². The molecule has 0 saturated heterocycles. The molecule has 0 aliphatic heterocycles. The minimum Gasteiger partial charge on any atom is -0.345 e. The molecule has 0 spiro atoms. The smallest absolute Gasteiger partial charge is 0.254 e. The fourth-order valence-electron chi connectivity index (χ4n) is 2.90. The topological polar surface area (TPSA) is 66.1 Å². The van der Waals surface area contributed by atoms with Crippen LogP contribution in [0.3, 0.4) is 0 Å². The molecule has 3 aromatic rings. The van der Waals surface area contributed by atoms with E-state index in [1.807, 2.05) is 23.6 Å². The Bertz CT molecular complexity index is 939. The van der Waals surface area contributed by atoms with Crippen molar-refractivity contribution in [1.29, 1.82) is 0 Å². The van der Waals surface area contributed by atoms with Gasteiger partial charge in [0.15, 0.2) is 5.78 Å². The van der Waals surface area contributed by atoms with Gasteiger partial charge < -0.3 is 4.90 Å². The summed E-state index contributed by atoms with van der Waals surface area (Å²) < 4.78 is 0. The number of rotatable bonds is 2. The highest BCUT2D eigenvalue weighted by Crippen LogP contribution is 2.42. The zero-order valence-electron chi connectivity index (χ0n) is 12.6. The van der Waals surface area contributed by atoms with Crippen molar-refractivity contribution in [3.63, 3.8) is 0 Å². The molecule has 4 rings (SSSR count). The number of thiophene rings is 1. The van der Waals surface area contributed by atoms with E-state index in [2.05, 4.69) is 10.2 Å². The van der Waals surface area contributed by atoms with Gasteiger partial charge in [0.1, 0.15) is 5.69 Å². The third kappa shape index (κ3) is 1.88. The lowest BCUT2D eigenvalue weighted by atomic mass is 10.0. The highest BCUT2D eigenvalue weighted by Gasteiger charge is 2.36. The van der Waals surface area contributed by atoms with Crippen LogP contribution in [-0.4, -0.2) is 40.9 Å². The van der Waals surface area contributed by atoms with Gasteiger partial charge >= 0.3 is 0 Å². The van der Waals surface area contributed by atoms with Crippen LogP contribution in [0.2, 0.25) is 0 Å². The van der Waals surface area contributed by atoms with E-state index in [-0.39, 0.29) is 11.7 Å². The fraction of sp³-hybridized carbons (Fsp3) is 0.118. The van der Waals surface area contributed by atoms with Crippen LogP contribution >= 0.6 is 11.3 Å². The Hall–Kier alpha value is -2.73. The van der Waals surface area contributed by atoms with E-state index in [0.717, 1.165) is 16.1 Å². The number of hydrogen-bond acceptors (Lipinski definition) is 4. The Balaban J connectivity index is 1.93. The maximum Gasteiger partial charge on any atom is 0.254 e. The minimum atomic E-state index is -0.179. The summed E-state index contributed by atoms with van der Waals surface area (Å²) in [5, 5.41) is 9.25. The number of benzene rings is 1. The molecule has 114 valence electrons. The number of aromatic nitrogens is 2. The van der Waals surface area contributed by atoms with Gasteiger partial charge in [0.25, 0.3) is 5.91 Å². The van der Waals surface area contributed by atoms with Crippen LogP contribution in [0.4, 0.5) is 0 Å². The number of nitrogens with one attached hydrogen (secondary N) is 1. The lowest BCUT2D eigenvalue weighted by Crippen LogP contribution is -2.23. The van der Waals surface area contributed by atoms with Crippen LogP contribution in [0.25, 0.3) is 21.8 Å². The normalized spacial score (nSPS) is 12.2. The summed E-state index contributed by atoms with van der Waals surface area (Å²) in [5.41, 5.74) is 3.50. The van der Waals surface area contributed by atoms with E-state index in [1.165, 1.54) is 4.90 Å². The average Bonchev–Trinajstić information content (AvgIpc) is 3.25. The first-order valence-corrected chi connectivity index (χ1v) is 7.99. The first-order chi connectivity index (χ1) is 11.1. The van der Waals surface area contributed by atoms with Crippen LogP contribution in [0.1, 0.15) is 26.3 Å². The standard InChI is InChI=1S/C17H13N3O2S/c1-20(2)17(22)10-6-3-5-9-12(10)16(21)13-14(9)18-19-15(13)11-7-4-8-23-11/h3-8H,1-2H3,(H,18,19). The van der Waals surface area contributed by atoms with Crippen LogP contribution in [0.5, 0.6) is 0 Å². The molecular formula is C17H13N3O2S. The summed E-state index contributed by atoms with van der Waals surface area (Å²) in [7, 11) is 3.36. The Morgan fingerprint density at radius 3 is 2.70 bits per heavy atom. The molecular weight excluding hydrogens is 310 g/mol. The summed E-state index contributed by atoms with van der Waals surface area (Å²) in [6.07, 6.45) is 0. The molecule has 1 aliphatic carbocycles. The van der Waals surface area contributed by atoms with E-state index in [9.17, 15) is 9.59 Å². The molecule has 1 aliphatic rings. The number of ketones is 1. The van der Waals surface area contributed by atoms with Gasteiger partial charge in [0, 0.05) is 25.2 Å². The third-order valence-electron chi connectivity index (χ3n) is 3.94. The molecule has 0 unspecified atom stereocenters. The van der Waals surface area contributed by atoms with Crippen molar-refractivity contribution < 1.29 is 9.59 Å². The molecule has 5 nitrogen and oxygen atoms in total. The van der Waals surface area contributed by atoms with Gasteiger partial charge in [-0.25, -0.2) is 0 Å². The number of fused-ring (bicyclic) bond motifs is 3. The van der Waals surface area contributed by atoms with Gasteiger partial charge in [-0.1, -0.05) is 18.2 Å². The largest absolute Gasteiger partial charge is 0.345 e. The molecule has 0 saturated carbocycles. The highest BCUT2D eigenvalue weighted by molar-refractivity contribution is 7.13. The van der Waals surface area contributed by atoms with E-state index in [4.69, 9.17) is 0 Å². The van der Waals surface area contributed by atoms with Gasteiger partial charge in [0.05, 0.1) is 21.7 Å². The lowest BCUT2D eigenvalue weighted by molar-refractivity contribution is 0.0822. The average molecular weight is 323 g/mol. The van der Waals surface area contributed by atoms with Crippen molar-refractivity contribution in [2.75, 3.05) is 14.1 Å². The quantitative estimate of drug-likeness (QED) is 0.616. The maximum absolute atomic E-state index is 13.0. The van der Waals surface area contributed by atoms with Crippen molar-refractivity contribution in [1.82, 2.24) is 15.1 Å². The number of carbonyl (C=O) groups excluding carboxylic acids is 2. The number of aromatic amines is 1. The molecule has 1 N–H and O–H groups in total. The predicted molar refractivity (Wildman–Crippen MR) is 88.8 cm³/mol. The molecule has 0 bridgehead atoms. The zero-order chi connectivity index (χ0) is 16.1. The Kier molecular flexibility index (Phi) is 2.96. The minimum absolute atomic E-state index is 0.141. The molecule has 23 heavy (non-hydrogen) atoms. The van der Waals surface area contributed by atoms with Gasteiger partial charge in [-0.3, -0.25) is 14.7 Å². The molecule has 2 aromatic heterocycles. The number of amides is 1. The van der Waals surface area contributed by atoms with Crippen molar-refractivity contribution in [2.45, 2.75) is 0 Å². The number of carbonyl (C=O) groups is 2. The van der Waals surface area contributed by atoms with Crippen LogP contribution in [0.15, 0.2) is 35.7 Å². The number of nitrogens with zero attached hydrogens (tertiary/aromatic N) is 2. The van der Waals surface area contributed by atoms with Crippen molar-refractivity contribution in [3.8, 4) is 21.8 Å². The maximum atomic E-state index is 13.0. The van der Waals surface area contributed by atoms with Crippen molar-refractivity contribution in [3.05, 3.63) is 52.4 Å². The summed E-state index contributed by atoms with van der Waals surface area (Å²) in [6, 6.07) is 9.20. The van der Waals surface area contributed by atoms with Gasteiger partial charge in [-0.2, -0.15) is 5.10 Å². The monoisotopic (exact) mass is 323 g/mol. The molecule has 6 heteroatoms. The summed E-state index contributed by atoms with van der Waals surface area (Å²) in [5.74, 6) is -0.319. The molecule has 1 amide bonds. The SMILES string of the molecule is CN(C)C(=O)c1cccc2c1C(=O)c1c-2n[nH]c1-c1cccs1. The predicted octanol–water partition coefficient (Wildman–Crippen LogP) is 3.05. The Morgan fingerprint density at radius 2 is 2.00 bits per heavy atom. The Morgan fingerprint density at radius 1 is 1.17 bits per heavy atom. The third-order valence-corrected chi connectivity index (χ3v) is 4.83. The summed E-state index contributed by atoms with van der Waals surface area (Å²) in [4.78, 5) is 27.8. The molecule has 0 fully saturated rings. The van der Waals surface area contributed by atoms with Crippen LogP contribution < -0.4 is 0 Å². The number of hydrogen-bond donors (Lipinski definition) is 1. The molecule has 0 atom stereocenters. The van der Waals surface area contributed by atoms with Gasteiger partial charge in [-0.05, 0) is 17.5 Å². The van der Waals surface area contributed by atoms with Crippen molar-refractivity contribution in [2.24, 2.45) is 0 Å². The molecule has 2 heterocycles. The summed E-state index contributed by atoms with van der Waals surface area (Å²) in [6.45, 7) is 0. The van der Waals surface area contributed by atoms with Gasteiger partial charge in [-0.15, -0.1) is 11.3 Å². The molecule has 1 aromatic carbocycles. The van der Waals surface area contributed by atoms with E-state index in [1.54, 1.807) is 37.6 Å². The van der Waals surface area contributed by atoms with Crippen molar-refractivity contribution >= 4 is 23.0 Å². The van der Waals surface area contributed by atoms with E-state index >= 15 is 0 Å². The first-order valence-electron chi connectivity index (χ1n) is 7.11. The van der Waals surface area contributed by atoms with Gasteiger partial charge in [0.2, 0.25) is 0 Å². The molecule has 0 radical (unpaired) electrons. The zero-order valence-corrected chi connectivity index (χ0v) is 13.4. The van der Waals surface area contributed by atoms with Crippen LogP contribution in [0, 0.1) is 0 Å². The fourth-order valence-corrected chi connectivity index (χ4v) is 3.62. The number of H-pyrrole nitrogens is 1. The highest BCUT2D eigenvalue weighted by atomic mass is 32.1. The van der Waals surface area contributed by atoms with E-state index in [0.29, 0.717) is 22.4 Å².